The van der Waals surface area contributed by atoms with E-state index in [-0.39, 0.29) is 7.25 Å². The third-order valence-electron chi connectivity index (χ3n) is 16.7. The van der Waals surface area contributed by atoms with Crippen LogP contribution in [0.2, 0.25) is 0 Å². The minimum atomic E-state index is -3.33. The van der Waals surface area contributed by atoms with Crippen molar-refractivity contribution in [2.75, 3.05) is 0 Å². The van der Waals surface area contributed by atoms with Gasteiger partial charge in [-0.15, -0.1) is 0 Å². The molecule has 0 spiro atoms. The maximum absolute atomic E-state index is 3.33. The molecule has 3 aliphatic rings. The van der Waals surface area contributed by atoms with Gasteiger partial charge in [-0.3, -0.25) is 0 Å². The fraction of sp³-hybridized carbons (Fsp3) is 0.0270. The fourth-order valence-electron chi connectivity index (χ4n) is 13.4. The normalized spacial score (nSPS) is 15.3. The van der Waals surface area contributed by atoms with Crippen LogP contribution in [0, 0.1) is 0 Å². The van der Waals surface area contributed by atoms with Crippen LogP contribution in [-0.2, 0) is 21.8 Å². The van der Waals surface area contributed by atoms with Gasteiger partial charge in [0.25, 0.3) is 0 Å². The van der Waals surface area contributed by atoms with Gasteiger partial charge in [-0.05, 0) is 0 Å². The van der Waals surface area contributed by atoms with Crippen LogP contribution < -0.4 is 13.6 Å². The summed E-state index contributed by atoms with van der Waals surface area (Å²) in [7, 11) is -0.790. The van der Waals surface area contributed by atoms with E-state index in [1.807, 2.05) is 0 Å². The summed E-state index contributed by atoms with van der Waals surface area (Å²) >= 11 is -3.33. The van der Waals surface area contributed by atoms with Crippen LogP contribution in [0.25, 0.3) is 100 Å². The number of allylic oxidation sites excluding steroid dienone is 2. The van der Waals surface area contributed by atoms with Crippen LogP contribution in [-0.4, -0.2) is 9.52 Å². The van der Waals surface area contributed by atoms with E-state index in [0.717, 1.165) is 0 Å². The maximum atomic E-state index is 2.64. The molecule has 2 aliphatic carbocycles. The molecule has 76 heavy (non-hydrogen) atoms. The monoisotopic (exact) mass is 1060 g/mol. The Bertz CT molecular complexity index is 4090. The third kappa shape index (κ3) is 7.42. The molecule has 0 aromatic heterocycles. The zero-order chi connectivity index (χ0) is 50.1. The Labute approximate surface area is 455 Å². The SMILES string of the molecule is C1=C(c2ccccc2)[CH]([Zr]([c]2cccc3c2[SiH2]c2ccccc2-3)[CH]2C(c3ccccc3)=Cc3c(-c4ccccc4-c4cccc5ccccc45)cccc32)c2cccc(-c3ccccc3-c3cccc4ccccc34)c21. The average Bonchev–Trinajstić information content (AvgIpc) is 4.22. The van der Waals surface area contributed by atoms with Crippen molar-refractivity contribution in [3.63, 3.8) is 0 Å². The Morgan fingerprint density at radius 3 is 1.17 bits per heavy atom. The van der Waals surface area contributed by atoms with Gasteiger partial charge in [-0.25, -0.2) is 0 Å². The molecule has 2 unspecified atom stereocenters. The second-order valence-electron chi connectivity index (χ2n) is 20.7. The van der Waals surface area contributed by atoms with E-state index in [9.17, 15) is 0 Å². The zero-order valence-corrected chi connectivity index (χ0v) is 45.9. The van der Waals surface area contributed by atoms with Crippen LogP contribution in [0.15, 0.2) is 273 Å². The molecule has 0 fully saturated rings. The van der Waals surface area contributed by atoms with Gasteiger partial charge in [0.1, 0.15) is 0 Å². The van der Waals surface area contributed by atoms with Crippen molar-refractivity contribution >= 4 is 68.0 Å². The molecule has 0 radical (unpaired) electrons. The fourth-order valence-corrected chi connectivity index (χ4v) is 27.2. The molecule has 12 aromatic rings. The van der Waals surface area contributed by atoms with E-state index in [0.29, 0.717) is 0 Å². The number of rotatable bonds is 9. The first-order valence-electron chi connectivity index (χ1n) is 26.8. The van der Waals surface area contributed by atoms with Crippen molar-refractivity contribution < 1.29 is 21.8 Å². The van der Waals surface area contributed by atoms with Crippen LogP contribution in [0.1, 0.15) is 40.6 Å². The first-order chi connectivity index (χ1) is 37.7. The Hall–Kier alpha value is -8.26. The van der Waals surface area contributed by atoms with E-state index in [1.54, 1.807) is 13.6 Å². The summed E-state index contributed by atoms with van der Waals surface area (Å²) in [6.07, 6.45) is 5.28. The molecule has 15 rings (SSSR count). The summed E-state index contributed by atoms with van der Waals surface area (Å²) in [6, 6.07) is 104. The number of hydrogen-bond acceptors (Lipinski definition) is 0. The summed E-state index contributed by atoms with van der Waals surface area (Å²) in [5.74, 6) is 0. The molecule has 1 heterocycles. The van der Waals surface area contributed by atoms with Gasteiger partial charge >= 0.3 is 459 Å². The summed E-state index contributed by atoms with van der Waals surface area (Å²) < 4.78 is 2.11. The first-order valence-corrected chi connectivity index (χ1v) is 32.3. The average molecular weight is 1060 g/mol. The van der Waals surface area contributed by atoms with E-state index in [4.69, 9.17) is 0 Å². The van der Waals surface area contributed by atoms with Gasteiger partial charge in [0.15, 0.2) is 0 Å². The van der Waals surface area contributed by atoms with Crippen LogP contribution in [0.4, 0.5) is 0 Å². The van der Waals surface area contributed by atoms with Gasteiger partial charge in [-0.1, -0.05) is 0 Å². The molecule has 0 N–H and O–H groups in total. The molecule has 2 atom stereocenters. The molecule has 0 saturated heterocycles. The Kier molecular flexibility index (Phi) is 11.2. The standard InChI is InChI=1S/2C31H21.C12H9Si.Zr/c2*1-2-10-22(11-3-1)25-20-24-14-9-19-30(31(24)21-25)29-17-7-6-16-28(29)27-18-8-13-23-12-4-5-15-26(23)27;1-3-7-11-9(5-1)10-6-2-4-8-12(10)13-11;/h2*1-21H;1-7H,13H2;. The van der Waals surface area contributed by atoms with Gasteiger partial charge < -0.3 is 0 Å². The van der Waals surface area contributed by atoms with E-state index < -0.39 is 31.3 Å². The van der Waals surface area contributed by atoms with E-state index in [2.05, 4.69) is 285 Å². The number of benzene rings is 12. The summed E-state index contributed by atoms with van der Waals surface area (Å²) in [5, 5.41) is 8.33. The predicted molar refractivity (Wildman–Crippen MR) is 323 cm³/mol. The topological polar surface area (TPSA) is 0 Å². The predicted octanol–water partition coefficient (Wildman–Crippen LogP) is 16.6. The van der Waals surface area contributed by atoms with Crippen molar-refractivity contribution in [3.05, 3.63) is 306 Å². The van der Waals surface area contributed by atoms with Crippen molar-refractivity contribution in [1.29, 1.82) is 0 Å². The molecule has 0 saturated carbocycles. The number of hydrogen-bond donors (Lipinski definition) is 0. The Morgan fingerprint density at radius 1 is 0.276 bits per heavy atom. The van der Waals surface area contributed by atoms with Gasteiger partial charge in [-0.2, -0.15) is 0 Å². The quantitative estimate of drug-likeness (QED) is 0.126. The molecule has 0 nitrogen and oxygen atoms in total. The molecule has 12 aromatic carbocycles. The molecule has 2 heteroatoms. The van der Waals surface area contributed by atoms with Crippen molar-refractivity contribution in [1.82, 2.24) is 0 Å². The van der Waals surface area contributed by atoms with E-state index in [1.165, 1.54) is 122 Å². The summed E-state index contributed by atoms with van der Waals surface area (Å²) in [6.45, 7) is 0. The second-order valence-corrected chi connectivity index (χ2v) is 28.9. The van der Waals surface area contributed by atoms with Crippen LogP contribution in [0.3, 0.4) is 0 Å². The second kappa shape index (κ2) is 18.8. The first kappa shape index (κ1) is 45.2. The molecule has 0 amide bonds. The van der Waals surface area contributed by atoms with Gasteiger partial charge in [0.05, 0.1) is 0 Å². The zero-order valence-electron chi connectivity index (χ0n) is 42.0. The summed E-state index contributed by atoms with van der Waals surface area (Å²) in [4.78, 5) is 0. The Balaban J connectivity index is 0.997. The molecule has 355 valence electrons. The van der Waals surface area contributed by atoms with Crippen molar-refractivity contribution in [2.45, 2.75) is 7.25 Å². The summed E-state index contributed by atoms with van der Waals surface area (Å²) in [5.41, 5.74) is 24.4. The Morgan fingerprint density at radius 2 is 0.645 bits per heavy atom. The third-order valence-corrected chi connectivity index (χ3v) is 28.5. The minimum absolute atomic E-state index is 0.211. The molecule has 0 bridgehead atoms. The van der Waals surface area contributed by atoms with Crippen molar-refractivity contribution in [3.8, 4) is 55.6 Å². The molecule has 1 aliphatic heterocycles. The van der Waals surface area contributed by atoms with E-state index >= 15 is 0 Å². The molecular weight excluding hydrogens is 1010 g/mol. The van der Waals surface area contributed by atoms with Crippen LogP contribution >= 0.6 is 0 Å². The van der Waals surface area contributed by atoms with Gasteiger partial charge in [0, 0.05) is 0 Å². The van der Waals surface area contributed by atoms with Crippen LogP contribution in [0.5, 0.6) is 0 Å². The molecular formula is C74H51SiZr. The number of fused-ring (bicyclic) bond motifs is 7. The van der Waals surface area contributed by atoms with Crippen molar-refractivity contribution in [2.24, 2.45) is 0 Å². The van der Waals surface area contributed by atoms with Gasteiger partial charge in [0.2, 0.25) is 0 Å².